The maximum Gasteiger partial charge on any atom is 0.0641 e. The van der Waals surface area contributed by atoms with Crippen molar-refractivity contribution in [2.24, 2.45) is 0 Å². The maximum atomic E-state index is 2.47. The second-order valence-corrected chi connectivity index (χ2v) is 17.2. The van der Waals surface area contributed by atoms with Crippen LogP contribution in [-0.2, 0) is 6.42 Å². The number of fused-ring (bicyclic) bond motifs is 12. The van der Waals surface area contributed by atoms with Crippen molar-refractivity contribution < 1.29 is 0 Å². The van der Waals surface area contributed by atoms with Crippen LogP contribution < -0.4 is 4.90 Å². The molecule has 10 aromatic carbocycles. The summed E-state index contributed by atoms with van der Waals surface area (Å²) in [6.45, 7) is 0. The van der Waals surface area contributed by atoms with Gasteiger partial charge in [-0.15, -0.1) is 0 Å². The molecule has 0 saturated carbocycles. The van der Waals surface area contributed by atoms with E-state index in [2.05, 4.69) is 238 Å². The standard InChI is InChI=1S/C61H39N3/c1-2-14-44(15-3-1)63-55-22-10-7-18-51(55)59-48(20-12-24-57(59)63)40-29-33-46(34-30-40)62(45-31-27-39(28-32-45)41-25-26-43-37-42-13-4-5-16-47(42)53(43)38-41)58-36-35-50-49-17-6-9-21-54(49)64-56-23-11-8-19-52(56)60(58)61(50)64/h1-36,38H,37H2. The molecule has 0 aliphatic heterocycles. The number of hydrogen-bond donors (Lipinski definition) is 0. The highest BCUT2D eigenvalue weighted by Crippen LogP contribution is 2.48. The van der Waals surface area contributed by atoms with Gasteiger partial charge in [-0.3, -0.25) is 0 Å². The lowest BCUT2D eigenvalue weighted by Crippen LogP contribution is -2.10. The summed E-state index contributed by atoms with van der Waals surface area (Å²) in [6, 6.07) is 82.9. The number of rotatable bonds is 6. The fourth-order valence-corrected chi connectivity index (χ4v) is 11.1. The summed E-state index contributed by atoms with van der Waals surface area (Å²) in [5, 5.41) is 7.58. The smallest absolute Gasteiger partial charge is 0.0641 e. The third kappa shape index (κ3) is 5.04. The Balaban J connectivity index is 0.950. The minimum atomic E-state index is 0.999. The molecule has 13 aromatic rings. The Morgan fingerprint density at radius 1 is 0.344 bits per heavy atom. The first-order chi connectivity index (χ1) is 31.8. The zero-order valence-electron chi connectivity index (χ0n) is 34.9. The van der Waals surface area contributed by atoms with Crippen LogP contribution in [0.25, 0.3) is 99.0 Å². The van der Waals surface area contributed by atoms with E-state index in [1.54, 1.807) is 0 Å². The van der Waals surface area contributed by atoms with Gasteiger partial charge in [0.15, 0.2) is 0 Å². The summed E-state index contributed by atoms with van der Waals surface area (Å²) in [5.41, 5.74) is 21.0. The van der Waals surface area contributed by atoms with Crippen molar-refractivity contribution in [3.05, 3.63) is 236 Å². The lowest BCUT2D eigenvalue weighted by molar-refractivity contribution is 1.18. The van der Waals surface area contributed by atoms with Crippen molar-refractivity contribution in [3.8, 4) is 39.1 Å². The second-order valence-electron chi connectivity index (χ2n) is 17.2. The van der Waals surface area contributed by atoms with E-state index in [1.807, 2.05) is 0 Å². The zero-order chi connectivity index (χ0) is 41.9. The van der Waals surface area contributed by atoms with E-state index in [-0.39, 0.29) is 0 Å². The Kier molecular flexibility index (Phi) is 7.46. The number of nitrogens with zero attached hydrogens (tertiary/aromatic N) is 3. The Morgan fingerprint density at radius 3 is 1.70 bits per heavy atom. The number of aromatic nitrogens is 2. The van der Waals surface area contributed by atoms with Gasteiger partial charge in [-0.2, -0.15) is 0 Å². The largest absolute Gasteiger partial charge is 0.310 e. The van der Waals surface area contributed by atoms with Crippen LogP contribution in [0.3, 0.4) is 0 Å². The molecule has 3 aromatic heterocycles. The van der Waals surface area contributed by atoms with Gasteiger partial charge in [0.25, 0.3) is 0 Å². The third-order valence-electron chi connectivity index (χ3n) is 13.9. The van der Waals surface area contributed by atoms with Crippen LogP contribution >= 0.6 is 0 Å². The van der Waals surface area contributed by atoms with Crippen LogP contribution in [0.1, 0.15) is 11.1 Å². The zero-order valence-corrected chi connectivity index (χ0v) is 34.9. The van der Waals surface area contributed by atoms with Gasteiger partial charge in [0.1, 0.15) is 0 Å². The fraction of sp³-hybridized carbons (Fsp3) is 0.0164. The van der Waals surface area contributed by atoms with Gasteiger partial charge in [0, 0.05) is 49.4 Å². The van der Waals surface area contributed by atoms with Gasteiger partial charge in [-0.05, 0) is 124 Å². The number of hydrogen-bond acceptors (Lipinski definition) is 1. The van der Waals surface area contributed by atoms with Crippen LogP contribution in [0.4, 0.5) is 17.1 Å². The van der Waals surface area contributed by atoms with Gasteiger partial charge in [0.05, 0.1) is 33.3 Å². The van der Waals surface area contributed by atoms with E-state index in [4.69, 9.17) is 0 Å². The molecular weight excluding hydrogens is 775 g/mol. The normalized spacial score (nSPS) is 12.3. The number of anilines is 3. The van der Waals surface area contributed by atoms with Gasteiger partial charge >= 0.3 is 0 Å². The molecular formula is C61H39N3. The first-order valence-corrected chi connectivity index (χ1v) is 22.2. The molecule has 0 unspecified atom stereocenters. The highest BCUT2D eigenvalue weighted by molar-refractivity contribution is 6.27. The van der Waals surface area contributed by atoms with Crippen molar-refractivity contribution in [2.45, 2.75) is 6.42 Å². The van der Waals surface area contributed by atoms with E-state index in [0.717, 1.165) is 29.2 Å². The van der Waals surface area contributed by atoms with E-state index in [0.29, 0.717) is 0 Å². The second kappa shape index (κ2) is 13.5. The monoisotopic (exact) mass is 813 g/mol. The van der Waals surface area contributed by atoms with Crippen LogP contribution in [0.2, 0.25) is 0 Å². The molecule has 3 heteroatoms. The molecule has 1 aliphatic rings. The first kappa shape index (κ1) is 35.2. The average Bonchev–Trinajstić information content (AvgIpc) is 4.11. The Morgan fingerprint density at radius 2 is 0.922 bits per heavy atom. The van der Waals surface area contributed by atoms with Crippen molar-refractivity contribution >= 4 is 77.0 Å². The van der Waals surface area contributed by atoms with Crippen molar-refractivity contribution in [1.82, 2.24) is 8.97 Å². The molecule has 0 fully saturated rings. The molecule has 0 N–H and O–H groups in total. The summed E-state index contributed by atoms with van der Waals surface area (Å²) < 4.78 is 4.87. The van der Waals surface area contributed by atoms with Crippen molar-refractivity contribution in [3.63, 3.8) is 0 Å². The maximum absolute atomic E-state index is 2.47. The topological polar surface area (TPSA) is 12.6 Å². The highest BCUT2D eigenvalue weighted by atomic mass is 15.1. The molecule has 3 nitrogen and oxygen atoms in total. The van der Waals surface area contributed by atoms with E-state index in [9.17, 15) is 0 Å². The van der Waals surface area contributed by atoms with Crippen LogP contribution in [0.15, 0.2) is 224 Å². The molecule has 14 rings (SSSR count). The molecule has 0 spiro atoms. The summed E-state index contributed by atoms with van der Waals surface area (Å²) >= 11 is 0. The molecule has 3 heterocycles. The first-order valence-electron chi connectivity index (χ1n) is 22.2. The van der Waals surface area contributed by atoms with Gasteiger partial charge in [0.2, 0.25) is 0 Å². The summed E-state index contributed by atoms with van der Waals surface area (Å²) in [7, 11) is 0. The SMILES string of the molecule is c1ccc(-n2c3ccccc3c3c(-c4ccc(N(c5ccc(-c6ccc7c(c6)-c6ccccc6C7)cc5)c5ccc6c7ccccc7n7c8ccccc8c5c67)cc4)cccc32)cc1. The van der Waals surface area contributed by atoms with Gasteiger partial charge in [-0.1, -0.05) is 152 Å². The highest BCUT2D eigenvalue weighted by Gasteiger charge is 2.25. The molecule has 0 radical (unpaired) electrons. The van der Waals surface area contributed by atoms with Crippen LogP contribution in [0, 0.1) is 0 Å². The Hall–Kier alpha value is -8.40. The summed E-state index contributed by atoms with van der Waals surface area (Å²) in [4.78, 5) is 2.47. The molecule has 0 saturated heterocycles. The molecule has 0 bridgehead atoms. The summed E-state index contributed by atoms with van der Waals surface area (Å²) in [5.74, 6) is 0. The molecule has 0 amide bonds. The third-order valence-corrected chi connectivity index (χ3v) is 13.9. The van der Waals surface area contributed by atoms with E-state index in [1.165, 1.54) is 104 Å². The lowest BCUT2D eigenvalue weighted by Gasteiger charge is -2.27. The van der Waals surface area contributed by atoms with E-state index < -0.39 is 0 Å². The van der Waals surface area contributed by atoms with E-state index >= 15 is 0 Å². The predicted molar refractivity (Wildman–Crippen MR) is 269 cm³/mol. The fourth-order valence-electron chi connectivity index (χ4n) is 11.1. The quantitative estimate of drug-likeness (QED) is 0.163. The molecule has 1 aliphatic carbocycles. The minimum Gasteiger partial charge on any atom is -0.310 e. The minimum absolute atomic E-state index is 0.999. The van der Waals surface area contributed by atoms with Gasteiger partial charge in [-0.25, -0.2) is 0 Å². The average molecular weight is 814 g/mol. The van der Waals surface area contributed by atoms with Crippen molar-refractivity contribution in [1.29, 1.82) is 0 Å². The summed E-state index contributed by atoms with van der Waals surface area (Å²) in [6.07, 6.45) is 0.999. The molecule has 0 atom stereocenters. The molecule has 298 valence electrons. The van der Waals surface area contributed by atoms with Crippen LogP contribution in [-0.4, -0.2) is 8.97 Å². The molecule has 64 heavy (non-hydrogen) atoms. The predicted octanol–water partition coefficient (Wildman–Crippen LogP) is 16.3. The lowest BCUT2D eigenvalue weighted by atomic mass is 9.97. The van der Waals surface area contributed by atoms with Crippen LogP contribution in [0.5, 0.6) is 0 Å². The Labute approximate surface area is 370 Å². The Bertz CT molecular complexity index is 3970. The van der Waals surface area contributed by atoms with Crippen molar-refractivity contribution in [2.75, 3.05) is 4.90 Å². The van der Waals surface area contributed by atoms with Gasteiger partial charge < -0.3 is 13.9 Å². The number of benzene rings is 10. The number of para-hydroxylation sites is 4.